The van der Waals surface area contributed by atoms with Crippen molar-refractivity contribution in [3.05, 3.63) is 100 Å². The molecule has 0 amide bonds. The number of hydrogen-bond donors (Lipinski definition) is 0. The maximum Gasteiger partial charge on any atom is 0.337 e. The molecule has 5 nitrogen and oxygen atoms in total. The lowest BCUT2D eigenvalue weighted by Gasteiger charge is -2.20. The predicted molar refractivity (Wildman–Crippen MR) is 146 cm³/mol. The second-order valence-corrected chi connectivity index (χ2v) is 10.8. The van der Waals surface area contributed by atoms with Crippen LogP contribution in [0, 0.1) is 4.91 Å². The third-order valence-electron chi connectivity index (χ3n) is 6.56. The van der Waals surface area contributed by atoms with Crippen molar-refractivity contribution in [2.24, 2.45) is 5.29 Å². The van der Waals surface area contributed by atoms with E-state index in [0.29, 0.717) is 12.1 Å². The van der Waals surface area contributed by atoms with Crippen LogP contribution in [0.25, 0.3) is 33.0 Å². The van der Waals surface area contributed by atoms with Gasteiger partial charge in [-0.05, 0) is 62.2 Å². The number of esters is 1. The number of benzene rings is 4. The molecule has 0 aliphatic carbocycles. The van der Waals surface area contributed by atoms with Crippen LogP contribution in [0.15, 0.2) is 84.1 Å². The van der Waals surface area contributed by atoms with Gasteiger partial charge in [-0.2, -0.15) is 4.59 Å². The van der Waals surface area contributed by atoms with Gasteiger partial charge in [0.1, 0.15) is 6.54 Å². The number of carbonyl (C=O) groups excluding carboxylic acids is 1. The Kier molecular flexibility index (Phi) is 6.79. The molecule has 0 saturated carbocycles. The number of carbonyl (C=O) groups is 1. The third kappa shape index (κ3) is 5.21. The van der Waals surface area contributed by atoms with E-state index < -0.39 is 5.97 Å². The second-order valence-electron chi connectivity index (χ2n) is 10.8. The zero-order chi connectivity index (χ0) is 26.1. The maximum absolute atomic E-state index is 12.2. The molecule has 36 heavy (non-hydrogen) atoms. The van der Waals surface area contributed by atoms with Crippen molar-refractivity contribution in [1.82, 2.24) is 0 Å². The first-order valence-corrected chi connectivity index (χ1v) is 12.1. The van der Waals surface area contributed by atoms with Crippen molar-refractivity contribution in [2.75, 3.05) is 21.2 Å². The summed E-state index contributed by atoms with van der Waals surface area (Å²) in [6, 6.07) is 27.0. The van der Waals surface area contributed by atoms with Crippen LogP contribution in [0.1, 0.15) is 42.3 Å². The maximum atomic E-state index is 12.2. The van der Waals surface area contributed by atoms with Crippen molar-refractivity contribution in [3.63, 3.8) is 0 Å². The van der Waals surface area contributed by atoms with Crippen molar-refractivity contribution in [3.8, 4) is 22.3 Å². The van der Waals surface area contributed by atoms with E-state index in [2.05, 4.69) is 86.7 Å². The van der Waals surface area contributed by atoms with Gasteiger partial charge in [0.05, 0.1) is 26.8 Å². The smallest absolute Gasteiger partial charge is 0.337 e. The van der Waals surface area contributed by atoms with E-state index in [1.54, 1.807) is 26.2 Å². The average Bonchev–Trinajstić information content (AvgIpc) is 2.87. The molecule has 4 rings (SSSR count). The highest BCUT2D eigenvalue weighted by atomic mass is 16.5. The molecule has 0 aliphatic rings. The molecule has 4 aromatic carbocycles. The minimum Gasteiger partial charge on any atom is -0.465 e. The molecule has 0 radical (unpaired) electrons. The first kappa shape index (κ1) is 25.3. The van der Waals surface area contributed by atoms with E-state index >= 15 is 0 Å². The number of hydrogen-bond acceptors (Lipinski definition) is 4. The van der Waals surface area contributed by atoms with Gasteiger partial charge in [0.15, 0.2) is 5.29 Å². The van der Waals surface area contributed by atoms with Gasteiger partial charge in [0.25, 0.3) is 0 Å². The summed E-state index contributed by atoms with van der Waals surface area (Å²) in [6.45, 7) is 7.01. The van der Waals surface area contributed by atoms with Gasteiger partial charge in [-0.25, -0.2) is 4.79 Å². The van der Waals surface area contributed by atoms with Gasteiger partial charge >= 0.3 is 5.97 Å². The van der Waals surface area contributed by atoms with Crippen molar-refractivity contribution >= 4 is 16.7 Å². The highest BCUT2D eigenvalue weighted by Gasteiger charge is 2.22. The van der Waals surface area contributed by atoms with E-state index in [-0.39, 0.29) is 10.0 Å². The summed E-state index contributed by atoms with van der Waals surface area (Å²) >= 11 is 0. The van der Waals surface area contributed by atoms with Crippen LogP contribution < -0.4 is 0 Å². The molecule has 0 aliphatic heterocycles. The molecule has 184 valence electrons. The Labute approximate surface area is 212 Å². The van der Waals surface area contributed by atoms with Crippen LogP contribution in [0.5, 0.6) is 0 Å². The minimum atomic E-state index is -0.409. The zero-order valence-corrected chi connectivity index (χ0v) is 21.8. The van der Waals surface area contributed by atoms with Crippen LogP contribution in [-0.4, -0.2) is 31.8 Å². The van der Waals surface area contributed by atoms with Gasteiger partial charge in [0, 0.05) is 5.56 Å². The fourth-order valence-corrected chi connectivity index (χ4v) is 4.55. The van der Waals surface area contributed by atoms with E-state index in [4.69, 9.17) is 4.74 Å². The predicted octanol–water partition coefficient (Wildman–Crippen LogP) is 7.52. The highest BCUT2D eigenvalue weighted by Crippen LogP contribution is 2.35. The fraction of sp³-hybridized carbons (Fsp3) is 0.258. The van der Waals surface area contributed by atoms with Gasteiger partial charge < -0.3 is 4.74 Å². The van der Waals surface area contributed by atoms with Gasteiger partial charge in [0.2, 0.25) is 0 Å². The number of nitroso groups, excluding NO2 is 1. The van der Waals surface area contributed by atoms with Gasteiger partial charge in [-0.15, -0.1) is 0 Å². The standard InChI is InChI=1S/C31H33N2O3/c1-31(2,3)26-14-10-21(11-15-26)28-9-7-8-22-18-23(12-17-29(22)28)27-16-13-24(30(34)36-6)19-25(27)20-33(4,5)32-35/h7-19H,20H2,1-6H3/q+1. The molecule has 0 fully saturated rings. The van der Waals surface area contributed by atoms with E-state index in [1.807, 2.05) is 6.07 Å². The molecule has 0 unspecified atom stereocenters. The number of quaternary nitrogens is 1. The Hall–Kier alpha value is -3.83. The SMILES string of the molecule is COC(=O)c1ccc(-c2ccc3c(-c4ccc(C(C)(C)C)cc4)cccc3c2)c(C[N+](C)(C)N=O)c1. The first-order valence-electron chi connectivity index (χ1n) is 12.1. The Bertz CT molecular complexity index is 1430. The Balaban J connectivity index is 1.80. The topological polar surface area (TPSA) is 55.7 Å². The summed E-state index contributed by atoms with van der Waals surface area (Å²) in [6.07, 6.45) is 0. The van der Waals surface area contributed by atoms with E-state index in [9.17, 15) is 9.70 Å². The van der Waals surface area contributed by atoms with Crippen LogP contribution in [0.3, 0.4) is 0 Å². The van der Waals surface area contributed by atoms with Gasteiger partial charge in [-0.3, -0.25) is 0 Å². The molecule has 0 aromatic heterocycles. The Morgan fingerprint density at radius 1 is 0.861 bits per heavy atom. The van der Waals surface area contributed by atoms with Crippen LogP contribution in [0.2, 0.25) is 0 Å². The molecule has 0 saturated heterocycles. The monoisotopic (exact) mass is 481 g/mol. The lowest BCUT2D eigenvalue weighted by molar-refractivity contribution is -0.911. The van der Waals surface area contributed by atoms with E-state index in [0.717, 1.165) is 22.1 Å². The van der Waals surface area contributed by atoms with Crippen molar-refractivity contribution in [1.29, 1.82) is 0 Å². The lowest BCUT2D eigenvalue weighted by atomic mass is 9.86. The Morgan fingerprint density at radius 3 is 2.19 bits per heavy atom. The summed E-state index contributed by atoms with van der Waals surface area (Å²) < 4.78 is 4.81. The lowest BCUT2D eigenvalue weighted by Crippen LogP contribution is -2.32. The van der Waals surface area contributed by atoms with Crippen molar-refractivity contribution in [2.45, 2.75) is 32.7 Å². The molecule has 5 heteroatoms. The first-order chi connectivity index (χ1) is 17.0. The molecular weight excluding hydrogens is 448 g/mol. The summed E-state index contributed by atoms with van der Waals surface area (Å²) in [5, 5.41) is 5.52. The summed E-state index contributed by atoms with van der Waals surface area (Å²) in [7, 11) is 4.83. The number of fused-ring (bicyclic) bond motifs is 1. The highest BCUT2D eigenvalue weighted by molar-refractivity contribution is 5.99. The Morgan fingerprint density at radius 2 is 1.56 bits per heavy atom. The molecular formula is C31H33N2O3+. The third-order valence-corrected chi connectivity index (χ3v) is 6.56. The molecule has 0 N–H and O–H groups in total. The number of ether oxygens (including phenoxy) is 1. The summed E-state index contributed by atoms with van der Waals surface area (Å²) in [5.41, 5.74) is 7.06. The molecule has 4 aromatic rings. The van der Waals surface area contributed by atoms with Gasteiger partial charge in [-0.1, -0.05) is 86.3 Å². The molecule has 0 heterocycles. The quantitative estimate of drug-likeness (QED) is 0.124. The molecule has 0 bridgehead atoms. The normalized spacial score (nSPS) is 11.9. The number of rotatable bonds is 6. The second kappa shape index (κ2) is 9.67. The minimum absolute atomic E-state index is 0.0973. The zero-order valence-electron chi connectivity index (χ0n) is 21.8. The van der Waals surface area contributed by atoms with Crippen LogP contribution >= 0.6 is 0 Å². The van der Waals surface area contributed by atoms with E-state index in [1.165, 1.54) is 29.2 Å². The average molecular weight is 482 g/mol. The van der Waals surface area contributed by atoms with Crippen LogP contribution in [0.4, 0.5) is 0 Å². The largest absolute Gasteiger partial charge is 0.465 e. The summed E-state index contributed by atoms with van der Waals surface area (Å²) in [4.78, 5) is 23.6. The molecule has 0 atom stereocenters. The number of nitrogens with zero attached hydrogens (tertiary/aromatic N) is 2. The summed E-state index contributed by atoms with van der Waals surface area (Å²) in [5.74, 6) is -0.409. The number of methoxy groups -OCH3 is 1. The fourth-order valence-electron chi connectivity index (χ4n) is 4.55. The van der Waals surface area contributed by atoms with Crippen LogP contribution in [-0.2, 0) is 16.7 Å². The van der Waals surface area contributed by atoms with Crippen molar-refractivity contribution < 1.29 is 14.1 Å². The molecule has 0 spiro atoms.